The Morgan fingerprint density at radius 3 is 2.74 bits per heavy atom. The fourth-order valence-corrected chi connectivity index (χ4v) is 6.51. The topological polar surface area (TPSA) is 124 Å². The van der Waals surface area contributed by atoms with Gasteiger partial charge in [-0.1, -0.05) is 19.8 Å². The quantitative estimate of drug-likeness (QED) is 0.330. The van der Waals surface area contributed by atoms with Gasteiger partial charge in [-0.2, -0.15) is 11.3 Å². The van der Waals surface area contributed by atoms with E-state index in [1.165, 1.54) is 36.7 Å². The fourth-order valence-electron chi connectivity index (χ4n) is 5.65. The van der Waals surface area contributed by atoms with E-state index in [0.29, 0.717) is 61.7 Å². The van der Waals surface area contributed by atoms with Gasteiger partial charge in [-0.3, -0.25) is 9.59 Å². The number of hydrogen-bond acceptors (Lipinski definition) is 9. The number of fused-ring (bicyclic) bond motifs is 1. The zero-order valence-corrected chi connectivity index (χ0v) is 22.7. The van der Waals surface area contributed by atoms with Crippen LogP contribution in [0.15, 0.2) is 49.0 Å². The van der Waals surface area contributed by atoms with E-state index < -0.39 is 5.91 Å². The number of nitrogens with two attached hydrogens (primary N) is 1. The number of pyridine rings is 1. The van der Waals surface area contributed by atoms with Crippen molar-refractivity contribution in [1.82, 2.24) is 4.98 Å². The molecule has 1 aliphatic heterocycles. The number of ether oxygens (including phenoxy) is 1. The number of anilines is 2. The SMILES string of the molecule is C[C@@H]1CCCC[C@@H]1Nc1cnc(C(N)=O)c(Cc2cscc2-c2coc3c(=O)cc(N4CCOCC4)oc23)c1. The predicted molar refractivity (Wildman–Crippen MR) is 152 cm³/mol. The Balaban J connectivity index is 1.34. The molecular weight excluding hydrogens is 516 g/mol. The van der Waals surface area contributed by atoms with Crippen LogP contribution in [0.5, 0.6) is 0 Å². The van der Waals surface area contributed by atoms with Gasteiger partial charge in [-0.25, -0.2) is 4.98 Å². The van der Waals surface area contributed by atoms with E-state index in [-0.39, 0.29) is 16.7 Å². The molecule has 1 saturated heterocycles. The van der Waals surface area contributed by atoms with Crippen molar-refractivity contribution in [3.05, 3.63) is 62.4 Å². The molecule has 4 aromatic heterocycles. The molecule has 0 aromatic carbocycles. The van der Waals surface area contributed by atoms with Crippen LogP contribution < -0.4 is 21.4 Å². The first kappa shape index (κ1) is 25.6. The maximum atomic E-state index is 12.9. The number of nitrogens with zero attached hydrogens (tertiary/aromatic N) is 2. The van der Waals surface area contributed by atoms with Gasteiger partial charge in [0.25, 0.3) is 5.91 Å². The molecule has 0 unspecified atom stereocenters. The highest BCUT2D eigenvalue weighted by Gasteiger charge is 2.24. The second-order valence-electron chi connectivity index (χ2n) is 10.5. The molecule has 39 heavy (non-hydrogen) atoms. The minimum absolute atomic E-state index is 0.187. The van der Waals surface area contributed by atoms with E-state index in [4.69, 9.17) is 19.3 Å². The lowest BCUT2D eigenvalue weighted by Crippen LogP contribution is -2.36. The Kier molecular flexibility index (Phi) is 7.14. The number of thiophene rings is 1. The van der Waals surface area contributed by atoms with Crippen molar-refractivity contribution in [2.75, 3.05) is 36.5 Å². The first-order valence-corrected chi connectivity index (χ1v) is 14.4. The number of primary amides is 1. The number of carbonyl (C=O) groups excluding carboxylic acids is 1. The van der Waals surface area contributed by atoms with Gasteiger partial charge >= 0.3 is 0 Å². The lowest BCUT2D eigenvalue weighted by atomic mass is 9.86. The van der Waals surface area contributed by atoms with Gasteiger partial charge < -0.3 is 29.5 Å². The summed E-state index contributed by atoms with van der Waals surface area (Å²) in [6.07, 6.45) is 8.51. The lowest BCUT2D eigenvalue weighted by Gasteiger charge is -2.30. The van der Waals surface area contributed by atoms with Crippen molar-refractivity contribution < 1.29 is 18.4 Å². The molecular formula is C29H32N4O5S. The number of furan rings is 1. The Labute approximate surface area is 230 Å². The maximum Gasteiger partial charge on any atom is 0.267 e. The molecule has 1 aliphatic carbocycles. The molecule has 1 saturated carbocycles. The Bertz CT molecular complexity index is 1550. The molecule has 6 rings (SSSR count). The highest BCUT2D eigenvalue weighted by Crippen LogP contribution is 2.37. The van der Waals surface area contributed by atoms with Crippen molar-refractivity contribution in [1.29, 1.82) is 0 Å². The van der Waals surface area contributed by atoms with E-state index in [0.717, 1.165) is 28.8 Å². The molecule has 0 spiro atoms. The van der Waals surface area contributed by atoms with Crippen LogP contribution in [0.4, 0.5) is 11.6 Å². The summed E-state index contributed by atoms with van der Waals surface area (Å²) in [5.41, 5.74) is 10.5. The average molecular weight is 549 g/mol. The highest BCUT2D eigenvalue weighted by molar-refractivity contribution is 7.08. The van der Waals surface area contributed by atoms with Crippen LogP contribution in [0.1, 0.15) is 54.2 Å². The third kappa shape index (κ3) is 5.18. The van der Waals surface area contributed by atoms with Gasteiger partial charge in [0.2, 0.25) is 11.0 Å². The van der Waals surface area contributed by atoms with Crippen molar-refractivity contribution in [2.45, 2.75) is 45.1 Å². The summed E-state index contributed by atoms with van der Waals surface area (Å²) in [6.45, 7) is 4.74. The van der Waals surface area contributed by atoms with Crippen molar-refractivity contribution in [2.24, 2.45) is 11.7 Å². The number of hydrogen-bond donors (Lipinski definition) is 2. The minimum Gasteiger partial charge on any atom is -0.456 e. The normalized spacial score (nSPS) is 19.9. The van der Waals surface area contributed by atoms with E-state index in [2.05, 4.69) is 17.2 Å². The molecule has 9 nitrogen and oxygen atoms in total. The molecule has 0 bridgehead atoms. The summed E-state index contributed by atoms with van der Waals surface area (Å²) in [5, 5.41) is 7.67. The zero-order valence-electron chi connectivity index (χ0n) is 21.9. The second-order valence-corrected chi connectivity index (χ2v) is 11.2. The Morgan fingerprint density at radius 1 is 1.13 bits per heavy atom. The standard InChI is InChI=1S/C29H32N4O5S/c1-17-4-2-3-5-23(17)32-20-11-18(26(29(30)35)31-13-20)10-19-15-39-16-22(19)21-14-37-28-24(34)12-25(38-27(21)28)33-6-8-36-9-7-33/h11-17,23,32H,2-10H2,1H3,(H2,30,35)/t17-,23+/m1/s1. The molecule has 2 atom stereocenters. The number of nitrogens with one attached hydrogen (secondary N) is 1. The van der Waals surface area contributed by atoms with Crippen molar-refractivity contribution in [3.8, 4) is 11.1 Å². The molecule has 204 valence electrons. The van der Waals surface area contributed by atoms with Gasteiger partial charge in [0.15, 0.2) is 11.5 Å². The third-order valence-corrected chi connectivity index (χ3v) is 8.62. The van der Waals surface area contributed by atoms with E-state index in [1.807, 2.05) is 21.7 Å². The van der Waals surface area contributed by atoms with Gasteiger partial charge in [-0.15, -0.1) is 0 Å². The summed E-state index contributed by atoms with van der Waals surface area (Å²) in [7, 11) is 0. The molecule has 10 heteroatoms. The molecule has 2 aliphatic rings. The molecule has 5 heterocycles. The largest absolute Gasteiger partial charge is 0.456 e. The summed E-state index contributed by atoms with van der Waals surface area (Å²) in [5.74, 6) is 0.522. The Morgan fingerprint density at radius 2 is 1.95 bits per heavy atom. The maximum absolute atomic E-state index is 12.9. The first-order valence-electron chi connectivity index (χ1n) is 13.5. The second kappa shape index (κ2) is 10.9. The van der Waals surface area contributed by atoms with Crippen LogP contribution in [0.25, 0.3) is 22.3 Å². The number of rotatable bonds is 7. The number of morpholine rings is 1. The number of carbonyl (C=O) groups is 1. The average Bonchev–Trinajstić information content (AvgIpc) is 3.57. The van der Waals surface area contributed by atoms with Gasteiger partial charge in [0.1, 0.15) is 12.0 Å². The number of aromatic nitrogens is 1. The van der Waals surface area contributed by atoms with Crippen molar-refractivity contribution in [3.63, 3.8) is 0 Å². The molecule has 0 radical (unpaired) electrons. The summed E-state index contributed by atoms with van der Waals surface area (Å²) >= 11 is 1.54. The fraction of sp³-hybridized carbons (Fsp3) is 0.414. The predicted octanol–water partition coefficient (Wildman–Crippen LogP) is 5.03. The van der Waals surface area contributed by atoms with E-state index in [1.54, 1.807) is 12.5 Å². The third-order valence-electron chi connectivity index (χ3n) is 7.83. The smallest absolute Gasteiger partial charge is 0.267 e. The molecule has 1 amide bonds. The number of amides is 1. The monoisotopic (exact) mass is 548 g/mol. The summed E-state index contributed by atoms with van der Waals surface area (Å²) in [4.78, 5) is 31.6. The minimum atomic E-state index is -0.561. The van der Waals surface area contributed by atoms with E-state index in [9.17, 15) is 9.59 Å². The van der Waals surface area contributed by atoms with Gasteiger partial charge in [-0.05, 0) is 46.7 Å². The van der Waals surface area contributed by atoms with Crippen LogP contribution in [-0.4, -0.2) is 43.2 Å². The first-order chi connectivity index (χ1) is 19.0. The van der Waals surface area contributed by atoms with Gasteiger partial charge in [0, 0.05) is 31.1 Å². The van der Waals surface area contributed by atoms with Crippen LogP contribution in [0.3, 0.4) is 0 Å². The summed E-state index contributed by atoms with van der Waals surface area (Å²) in [6, 6.07) is 3.84. The zero-order chi connectivity index (χ0) is 26.9. The van der Waals surface area contributed by atoms with Crippen LogP contribution in [0.2, 0.25) is 0 Å². The molecule has 4 aromatic rings. The molecule has 3 N–H and O–H groups in total. The van der Waals surface area contributed by atoms with E-state index >= 15 is 0 Å². The van der Waals surface area contributed by atoms with Gasteiger partial charge in [0.05, 0.1) is 36.7 Å². The van der Waals surface area contributed by atoms with Crippen LogP contribution >= 0.6 is 11.3 Å². The van der Waals surface area contributed by atoms with Crippen LogP contribution in [-0.2, 0) is 11.2 Å². The highest BCUT2D eigenvalue weighted by atomic mass is 32.1. The molecule has 2 fully saturated rings. The summed E-state index contributed by atoms with van der Waals surface area (Å²) < 4.78 is 17.4. The van der Waals surface area contributed by atoms with Crippen LogP contribution in [0, 0.1) is 5.92 Å². The van der Waals surface area contributed by atoms with Crippen molar-refractivity contribution >= 4 is 40.0 Å². The lowest BCUT2D eigenvalue weighted by molar-refractivity contribution is 0.0994. The Hall–Kier alpha value is -3.63.